The molecule has 9 N–H and O–H groups in total. The Kier molecular flexibility index (Phi) is 7.51. The van der Waals surface area contributed by atoms with Gasteiger partial charge in [0.2, 0.25) is 6.29 Å². The van der Waals surface area contributed by atoms with Crippen LogP contribution in [0.1, 0.15) is 5.69 Å². The highest BCUT2D eigenvalue weighted by Gasteiger charge is 2.36. The van der Waals surface area contributed by atoms with Gasteiger partial charge in [0.05, 0.1) is 12.9 Å². The van der Waals surface area contributed by atoms with Crippen LogP contribution in [0.4, 0.5) is 0 Å². The van der Waals surface area contributed by atoms with Gasteiger partial charge in [-0.1, -0.05) is 0 Å². The van der Waals surface area contributed by atoms with Crippen molar-refractivity contribution in [2.75, 3.05) is 6.61 Å². The minimum Gasteiger partial charge on any atom is -0.432 e. The highest BCUT2D eigenvalue weighted by molar-refractivity contribution is 5.75. The van der Waals surface area contributed by atoms with E-state index in [9.17, 15) is 25.2 Å². The molecule has 0 aromatic carbocycles. The third-order valence-electron chi connectivity index (χ3n) is 3.11. The summed E-state index contributed by atoms with van der Waals surface area (Å²) in [4.78, 5) is 18.1. The van der Waals surface area contributed by atoms with Gasteiger partial charge in [-0.15, -0.1) is 0 Å². The van der Waals surface area contributed by atoms with Crippen LogP contribution in [0.5, 0.6) is 0 Å². The molecular weight excluding hydrogens is 314 g/mol. The molecule has 0 radical (unpaired) electrons. The van der Waals surface area contributed by atoms with Crippen molar-refractivity contribution in [3.8, 4) is 0 Å². The number of aliphatic hydroxyl groups excluding tert-OH is 6. The number of ether oxygens (including phenoxy) is 1. The van der Waals surface area contributed by atoms with Crippen molar-refractivity contribution < 1.29 is 40.2 Å². The maximum absolute atomic E-state index is 11.7. The topological polar surface area (TPSA) is 202 Å². The van der Waals surface area contributed by atoms with Gasteiger partial charge in [-0.3, -0.25) is 4.79 Å². The quantitative estimate of drug-likeness (QED) is 0.161. The van der Waals surface area contributed by atoms with Crippen molar-refractivity contribution >= 4 is 5.97 Å². The molecule has 0 fully saturated rings. The summed E-state index contributed by atoms with van der Waals surface area (Å²) in [5, 5.41) is 55.9. The highest BCUT2D eigenvalue weighted by atomic mass is 16.6. The zero-order valence-corrected chi connectivity index (χ0v) is 12.1. The van der Waals surface area contributed by atoms with Crippen molar-refractivity contribution in [3.63, 3.8) is 0 Å². The summed E-state index contributed by atoms with van der Waals surface area (Å²) >= 11 is 0. The lowest BCUT2D eigenvalue weighted by Gasteiger charge is -2.28. The molecule has 11 heteroatoms. The monoisotopic (exact) mass is 335 g/mol. The number of aromatic amines is 1. The van der Waals surface area contributed by atoms with Gasteiger partial charge in [0.15, 0.2) is 0 Å². The van der Waals surface area contributed by atoms with Gasteiger partial charge in [0.1, 0.15) is 30.5 Å². The van der Waals surface area contributed by atoms with Gasteiger partial charge < -0.3 is 46.1 Å². The van der Waals surface area contributed by atoms with E-state index < -0.39 is 49.3 Å². The molecule has 0 amide bonds. The SMILES string of the molecule is N[C@@H](Cc1cnc[nH]1)C(=O)OC(O)[C@H](O)[C@@H](O)[C@H](O)[C@H](O)CO. The zero-order valence-electron chi connectivity index (χ0n) is 12.1. The molecule has 1 heterocycles. The Morgan fingerprint density at radius 1 is 1.22 bits per heavy atom. The second-order valence-electron chi connectivity index (χ2n) is 4.94. The predicted octanol–water partition coefficient (Wildman–Crippen LogP) is -4.42. The Labute approximate surface area is 131 Å². The van der Waals surface area contributed by atoms with Crippen LogP contribution in [-0.4, -0.2) is 89.9 Å². The zero-order chi connectivity index (χ0) is 17.6. The molecule has 23 heavy (non-hydrogen) atoms. The fourth-order valence-corrected chi connectivity index (χ4v) is 1.70. The summed E-state index contributed by atoms with van der Waals surface area (Å²) in [5.41, 5.74) is 6.11. The van der Waals surface area contributed by atoms with Gasteiger partial charge in [-0.2, -0.15) is 0 Å². The number of rotatable bonds is 9. The molecule has 0 saturated carbocycles. The lowest BCUT2D eigenvalue weighted by atomic mass is 10.0. The minimum absolute atomic E-state index is 0.0378. The summed E-state index contributed by atoms with van der Waals surface area (Å²) in [6, 6.07) is -1.16. The number of aliphatic hydroxyl groups is 6. The summed E-state index contributed by atoms with van der Waals surface area (Å²) in [6.45, 7) is -0.879. The van der Waals surface area contributed by atoms with Gasteiger partial charge in [0, 0.05) is 18.3 Å². The number of carbonyl (C=O) groups is 1. The fraction of sp³-hybridized carbons (Fsp3) is 0.667. The molecule has 1 aromatic rings. The number of nitrogens with zero attached hydrogens (tertiary/aromatic N) is 1. The van der Waals surface area contributed by atoms with E-state index in [2.05, 4.69) is 14.7 Å². The average molecular weight is 335 g/mol. The average Bonchev–Trinajstić information content (AvgIpc) is 3.04. The lowest BCUT2D eigenvalue weighted by Crippen LogP contribution is -2.51. The Bertz CT molecular complexity index is 471. The maximum atomic E-state index is 11.7. The van der Waals surface area contributed by atoms with Crippen LogP contribution in [0.2, 0.25) is 0 Å². The van der Waals surface area contributed by atoms with Crippen molar-refractivity contribution in [3.05, 3.63) is 18.2 Å². The Balaban J connectivity index is 2.52. The predicted molar refractivity (Wildman–Crippen MR) is 73.5 cm³/mol. The first-order chi connectivity index (χ1) is 10.8. The van der Waals surface area contributed by atoms with E-state index in [1.165, 1.54) is 12.5 Å². The van der Waals surface area contributed by atoms with Crippen molar-refractivity contribution in [1.82, 2.24) is 9.97 Å². The summed E-state index contributed by atoms with van der Waals surface area (Å²) < 4.78 is 4.50. The largest absolute Gasteiger partial charge is 0.432 e. The number of esters is 1. The van der Waals surface area contributed by atoms with E-state index in [0.717, 1.165) is 0 Å². The van der Waals surface area contributed by atoms with Gasteiger partial charge >= 0.3 is 5.97 Å². The van der Waals surface area contributed by atoms with E-state index >= 15 is 0 Å². The second-order valence-corrected chi connectivity index (χ2v) is 4.94. The van der Waals surface area contributed by atoms with Crippen molar-refractivity contribution in [1.29, 1.82) is 0 Å². The van der Waals surface area contributed by atoms with Gasteiger partial charge in [-0.25, -0.2) is 4.98 Å². The number of hydrogen-bond acceptors (Lipinski definition) is 10. The molecule has 0 saturated heterocycles. The van der Waals surface area contributed by atoms with Crippen molar-refractivity contribution in [2.45, 2.75) is 43.2 Å². The summed E-state index contributed by atoms with van der Waals surface area (Å²) in [7, 11) is 0. The van der Waals surface area contributed by atoms with E-state index in [1.807, 2.05) is 0 Å². The van der Waals surface area contributed by atoms with E-state index in [0.29, 0.717) is 5.69 Å². The van der Waals surface area contributed by atoms with Crippen LogP contribution >= 0.6 is 0 Å². The van der Waals surface area contributed by atoms with Crippen LogP contribution in [0.3, 0.4) is 0 Å². The number of carbonyl (C=O) groups excluding carboxylic acids is 1. The molecular formula is C12H21N3O8. The molecule has 1 rings (SSSR count). The molecule has 1 aromatic heterocycles. The van der Waals surface area contributed by atoms with E-state index in [1.54, 1.807) is 0 Å². The minimum atomic E-state index is -2.19. The normalized spacial score (nSPS) is 19.4. The third kappa shape index (κ3) is 5.51. The first-order valence-corrected chi connectivity index (χ1v) is 6.72. The van der Waals surface area contributed by atoms with Crippen LogP contribution in [0.15, 0.2) is 12.5 Å². The van der Waals surface area contributed by atoms with E-state index in [-0.39, 0.29) is 6.42 Å². The number of hydrogen-bond donors (Lipinski definition) is 8. The first kappa shape index (κ1) is 19.4. The number of nitrogens with one attached hydrogen (secondary N) is 1. The van der Waals surface area contributed by atoms with Crippen LogP contribution in [-0.2, 0) is 16.0 Å². The molecule has 0 spiro atoms. The molecule has 6 atom stereocenters. The third-order valence-corrected chi connectivity index (χ3v) is 3.11. The Hall–Kier alpha value is -1.60. The Morgan fingerprint density at radius 2 is 1.87 bits per heavy atom. The van der Waals surface area contributed by atoms with Crippen LogP contribution in [0.25, 0.3) is 0 Å². The van der Waals surface area contributed by atoms with Crippen LogP contribution < -0.4 is 5.73 Å². The second kappa shape index (κ2) is 8.88. The standard InChI is InChI=1S/C12H21N3O8/c13-6(1-5-2-14-4-15-5)11(21)23-12(22)10(20)9(19)8(18)7(17)3-16/h2,4,6-10,12,16-20,22H,1,3,13H2,(H,14,15)/t6-,7+,8+,9-,10+,12?/m0/s1. The Morgan fingerprint density at radius 3 is 2.39 bits per heavy atom. The first-order valence-electron chi connectivity index (χ1n) is 6.72. The number of nitrogens with two attached hydrogens (primary N) is 1. The van der Waals surface area contributed by atoms with Gasteiger partial charge in [-0.05, 0) is 0 Å². The highest BCUT2D eigenvalue weighted by Crippen LogP contribution is 2.10. The number of aromatic nitrogens is 2. The molecule has 0 aliphatic heterocycles. The van der Waals surface area contributed by atoms with Crippen LogP contribution in [0, 0.1) is 0 Å². The van der Waals surface area contributed by atoms with Gasteiger partial charge in [0.25, 0.3) is 0 Å². The van der Waals surface area contributed by atoms with E-state index in [4.69, 9.17) is 15.9 Å². The molecule has 11 nitrogen and oxygen atoms in total. The smallest absolute Gasteiger partial charge is 0.325 e. The number of imidazole rings is 1. The maximum Gasteiger partial charge on any atom is 0.325 e. The molecule has 0 aliphatic carbocycles. The lowest BCUT2D eigenvalue weighted by molar-refractivity contribution is -0.214. The van der Waals surface area contributed by atoms with Crippen molar-refractivity contribution in [2.24, 2.45) is 5.73 Å². The molecule has 0 bridgehead atoms. The molecule has 132 valence electrons. The summed E-state index contributed by atoms with van der Waals surface area (Å²) in [6.07, 6.45) is -7.21. The fourth-order valence-electron chi connectivity index (χ4n) is 1.70. The molecule has 0 aliphatic rings. The summed E-state index contributed by atoms with van der Waals surface area (Å²) in [5.74, 6) is -1.06. The number of H-pyrrole nitrogens is 1. The molecule has 1 unspecified atom stereocenters.